The highest BCUT2D eigenvalue weighted by atomic mass is 19.1. The maximum Gasteiger partial charge on any atom is 0.241 e. The van der Waals surface area contributed by atoms with Crippen LogP contribution in [0.3, 0.4) is 0 Å². The van der Waals surface area contributed by atoms with E-state index in [4.69, 9.17) is 0 Å². The van der Waals surface area contributed by atoms with Gasteiger partial charge in [-0.15, -0.1) is 0 Å². The number of halogens is 1. The van der Waals surface area contributed by atoms with Crippen molar-refractivity contribution in [3.63, 3.8) is 0 Å². The number of carbonyl (C=O) groups is 2. The van der Waals surface area contributed by atoms with Gasteiger partial charge in [-0.1, -0.05) is 6.07 Å². The molecule has 1 saturated carbocycles. The first-order chi connectivity index (χ1) is 13.0. The molecule has 1 aromatic carbocycles. The fourth-order valence-corrected chi connectivity index (χ4v) is 4.86. The first-order valence-electron chi connectivity index (χ1n) is 9.89. The largest absolute Gasteiger partial charge is 0.337 e. The molecule has 2 N–H and O–H groups in total. The van der Waals surface area contributed by atoms with Gasteiger partial charge in [0, 0.05) is 36.8 Å². The molecule has 2 saturated heterocycles. The summed E-state index contributed by atoms with van der Waals surface area (Å²) >= 11 is 0. The first-order valence-corrected chi connectivity index (χ1v) is 9.89. The van der Waals surface area contributed by atoms with Crippen molar-refractivity contribution in [1.82, 2.24) is 15.3 Å². The first kappa shape index (κ1) is 18.4. The predicted octanol–water partition coefficient (Wildman–Crippen LogP) is 2.05. The van der Waals surface area contributed by atoms with Crippen LogP contribution in [0.25, 0.3) is 0 Å². The van der Waals surface area contributed by atoms with E-state index in [0.717, 1.165) is 25.8 Å². The highest BCUT2D eigenvalue weighted by molar-refractivity contribution is 5.93. The number of rotatable bonds is 3. The van der Waals surface area contributed by atoms with Crippen LogP contribution in [0.1, 0.15) is 38.2 Å². The lowest BCUT2D eigenvalue weighted by atomic mass is 9.78. The quantitative estimate of drug-likeness (QED) is 0.850. The Bertz CT molecular complexity index is 755. The third-order valence-corrected chi connectivity index (χ3v) is 6.31. The summed E-state index contributed by atoms with van der Waals surface area (Å²) in [6, 6.07) is 5.00. The molecule has 6 nitrogen and oxygen atoms in total. The van der Waals surface area contributed by atoms with Gasteiger partial charge in [0.2, 0.25) is 11.8 Å². The summed E-state index contributed by atoms with van der Waals surface area (Å²) in [6.07, 6.45) is 3.15. The molecule has 3 fully saturated rings. The van der Waals surface area contributed by atoms with Crippen LogP contribution in [0, 0.1) is 18.7 Å². The summed E-state index contributed by atoms with van der Waals surface area (Å²) in [5.74, 6) is -0.406. The summed E-state index contributed by atoms with van der Waals surface area (Å²) in [6.45, 7) is 5.20. The molecule has 0 radical (unpaired) electrons. The zero-order chi connectivity index (χ0) is 19.1. The molecule has 0 bridgehead atoms. The zero-order valence-electron chi connectivity index (χ0n) is 15.9. The second-order valence-corrected chi connectivity index (χ2v) is 7.84. The maximum atomic E-state index is 13.7. The Balaban J connectivity index is 1.48. The van der Waals surface area contributed by atoms with Crippen molar-refractivity contribution in [2.75, 3.05) is 18.4 Å². The molecule has 146 valence electrons. The number of hydrogen-bond donors (Lipinski definition) is 2. The number of carbonyl (C=O) groups excluding carboxylic acids is 2. The number of anilines is 1. The number of amides is 2. The van der Waals surface area contributed by atoms with E-state index in [2.05, 4.69) is 15.8 Å². The van der Waals surface area contributed by atoms with E-state index < -0.39 is 0 Å². The molecule has 2 amide bonds. The Morgan fingerprint density at radius 2 is 2.11 bits per heavy atom. The van der Waals surface area contributed by atoms with E-state index in [1.54, 1.807) is 19.1 Å². The summed E-state index contributed by atoms with van der Waals surface area (Å²) in [5.41, 5.74) is 4.41. The Hall–Kier alpha value is -1.99. The van der Waals surface area contributed by atoms with E-state index in [9.17, 15) is 14.0 Å². The fraction of sp³-hybridized carbons (Fsp3) is 0.600. The van der Waals surface area contributed by atoms with Gasteiger partial charge < -0.3 is 10.2 Å². The minimum absolute atomic E-state index is 0.0450. The molecular formula is C20H27FN4O2. The van der Waals surface area contributed by atoms with Crippen LogP contribution in [0.5, 0.6) is 0 Å². The van der Waals surface area contributed by atoms with Gasteiger partial charge in [-0.25, -0.2) is 9.40 Å². The van der Waals surface area contributed by atoms with Gasteiger partial charge in [0.15, 0.2) is 0 Å². The molecule has 0 spiro atoms. The predicted molar refractivity (Wildman–Crippen MR) is 100 cm³/mol. The van der Waals surface area contributed by atoms with Crippen molar-refractivity contribution < 1.29 is 14.0 Å². The molecule has 3 aliphatic rings. The Morgan fingerprint density at radius 1 is 1.30 bits per heavy atom. The fourth-order valence-electron chi connectivity index (χ4n) is 4.86. The van der Waals surface area contributed by atoms with Crippen molar-refractivity contribution in [2.24, 2.45) is 5.92 Å². The van der Waals surface area contributed by atoms with Gasteiger partial charge in [-0.3, -0.25) is 15.0 Å². The van der Waals surface area contributed by atoms with Gasteiger partial charge in [0.25, 0.3) is 0 Å². The molecule has 4 rings (SSSR count). The number of benzene rings is 1. The second kappa shape index (κ2) is 7.20. The van der Waals surface area contributed by atoms with Gasteiger partial charge >= 0.3 is 0 Å². The molecule has 1 aliphatic carbocycles. The van der Waals surface area contributed by atoms with Gasteiger partial charge in [0.1, 0.15) is 11.9 Å². The van der Waals surface area contributed by atoms with E-state index >= 15 is 0 Å². The summed E-state index contributed by atoms with van der Waals surface area (Å²) in [5, 5.41) is 5.00. The monoisotopic (exact) mass is 374 g/mol. The number of nitrogens with zero attached hydrogens (tertiary/aromatic N) is 2. The number of hydrazine groups is 1. The summed E-state index contributed by atoms with van der Waals surface area (Å²) < 4.78 is 13.7. The van der Waals surface area contributed by atoms with Crippen LogP contribution in [0.15, 0.2) is 18.2 Å². The molecule has 0 aromatic heterocycles. The average molecular weight is 374 g/mol. The minimum Gasteiger partial charge on any atom is -0.337 e. The standard InChI is InChI=1S/C20H27FN4O2/c1-3-24-18-10-13(19(26)23-14-6-4-12(2)15(21)11-14)5-7-16(18)25-17(20(24)27)8-9-22-25/h4,6,11,13,16-18,22H,3,5,7-10H2,1-2H3,(H,23,26). The normalized spacial score (nSPS) is 30.8. The van der Waals surface area contributed by atoms with Crippen LogP contribution in [-0.2, 0) is 9.59 Å². The van der Waals surface area contributed by atoms with Crippen molar-refractivity contribution in [3.8, 4) is 0 Å². The lowest BCUT2D eigenvalue weighted by molar-refractivity contribution is -0.155. The van der Waals surface area contributed by atoms with Gasteiger partial charge in [-0.2, -0.15) is 0 Å². The molecule has 2 heterocycles. The Kier molecular flexibility index (Phi) is 4.90. The average Bonchev–Trinajstić information content (AvgIpc) is 3.15. The number of aryl methyl sites for hydroxylation is 1. The molecule has 4 atom stereocenters. The number of piperazine rings is 1. The van der Waals surface area contributed by atoms with Gasteiger partial charge in [0.05, 0.1) is 0 Å². The van der Waals surface area contributed by atoms with Crippen LogP contribution >= 0.6 is 0 Å². The van der Waals surface area contributed by atoms with Crippen molar-refractivity contribution in [3.05, 3.63) is 29.6 Å². The highest BCUT2D eigenvalue weighted by Crippen LogP contribution is 2.37. The van der Waals surface area contributed by atoms with Gasteiger partial charge in [-0.05, 0) is 57.2 Å². The number of fused-ring (bicyclic) bond motifs is 3. The van der Waals surface area contributed by atoms with E-state index in [0.29, 0.717) is 24.2 Å². The minimum atomic E-state index is -0.322. The molecule has 7 heteroatoms. The SMILES string of the molecule is CCN1C(=O)C2CCNN2C2CCC(C(=O)Nc3ccc(C)c(F)c3)CC21. The van der Waals surface area contributed by atoms with Crippen LogP contribution in [0.2, 0.25) is 0 Å². The number of hydrogen-bond acceptors (Lipinski definition) is 4. The molecule has 4 unspecified atom stereocenters. The Labute approximate surface area is 159 Å². The summed E-state index contributed by atoms with van der Waals surface area (Å²) in [7, 11) is 0. The zero-order valence-corrected chi connectivity index (χ0v) is 15.9. The molecule has 2 aliphatic heterocycles. The lowest BCUT2D eigenvalue weighted by Crippen LogP contribution is -2.68. The topological polar surface area (TPSA) is 64.7 Å². The highest BCUT2D eigenvalue weighted by Gasteiger charge is 2.51. The third kappa shape index (κ3) is 3.23. The molecular weight excluding hydrogens is 347 g/mol. The number of likely N-dealkylation sites (N-methyl/N-ethyl adjacent to an activating group) is 1. The van der Waals surface area contributed by atoms with Crippen LogP contribution in [0.4, 0.5) is 10.1 Å². The third-order valence-electron chi connectivity index (χ3n) is 6.31. The van der Waals surface area contributed by atoms with Crippen molar-refractivity contribution >= 4 is 17.5 Å². The molecule has 27 heavy (non-hydrogen) atoms. The summed E-state index contributed by atoms with van der Waals surface area (Å²) in [4.78, 5) is 27.6. The lowest BCUT2D eigenvalue weighted by Gasteiger charge is -2.51. The smallest absolute Gasteiger partial charge is 0.241 e. The molecule has 1 aromatic rings. The second-order valence-electron chi connectivity index (χ2n) is 7.84. The maximum absolute atomic E-state index is 13.7. The van der Waals surface area contributed by atoms with E-state index in [-0.39, 0.29) is 41.7 Å². The van der Waals surface area contributed by atoms with E-state index in [1.165, 1.54) is 6.07 Å². The van der Waals surface area contributed by atoms with Crippen molar-refractivity contribution in [1.29, 1.82) is 0 Å². The van der Waals surface area contributed by atoms with E-state index in [1.807, 2.05) is 11.8 Å². The van der Waals surface area contributed by atoms with Crippen LogP contribution in [-0.4, -0.2) is 52.9 Å². The van der Waals surface area contributed by atoms with Crippen molar-refractivity contribution in [2.45, 2.75) is 57.7 Å². The number of nitrogens with one attached hydrogen (secondary N) is 2. The Morgan fingerprint density at radius 3 is 2.85 bits per heavy atom. The van der Waals surface area contributed by atoms with Crippen LogP contribution < -0.4 is 10.7 Å².